The second-order valence-electron chi connectivity index (χ2n) is 4.54. The summed E-state index contributed by atoms with van der Waals surface area (Å²) in [6.45, 7) is 2.66. The number of halogens is 3. The summed E-state index contributed by atoms with van der Waals surface area (Å²) in [7, 11) is 1.55. The molecule has 1 unspecified atom stereocenters. The van der Waals surface area contributed by atoms with Crippen molar-refractivity contribution in [2.24, 2.45) is 0 Å². The first-order valence-corrected chi connectivity index (χ1v) is 7.34. The molecule has 0 aliphatic heterocycles. The molecule has 2 aromatic rings. The molecule has 2 nitrogen and oxygen atoms in total. The number of rotatable bonds is 5. The van der Waals surface area contributed by atoms with Gasteiger partial charge in [-0.25, -0.2) is 4.39 Å². The molecule has 0 aromatic heterocycles. The van der Waals surface area contributed by atoms with Gasteiger partial charge in [0, 0.05) is 15.6 Å². The Kier molecular flexibility index (Phi) is 5.45. The van der Waals surface area contributed by atoms with Crippen molar-refractivity contribution < 1.29 is 9.13 Å². The fraction of sp³-hybridized carbons (Fsp3) is 0.250. The van der Waals surface area contributed by atoms with Crippen molar-refractivity contribution in [1.29, 1.82) is 0 Å². The Bertz CT molecular complexity index is 634. The number of hydrogen-bond donors (Lipinski definition) is 1. The minimum atomic E-state index is -0.327. The van der Waals surface area contributed by atoms with E-state index in [1.807, 2.05) is 6.92 Å². The Hall–Kier alpha value is -1.29. The molecule has 1 atom stereocenters. The third-order valence-electron chi connectivity index (χ3n) is 3.18. The highest BCUT2D eigenvalue weighted by molar-refractivity contribution is 6.33. The smallest absolute Gasteiger partial charge is 0.124 e. The third kappa shape index (κ3) is 3.67. The minimum Gasteiger partial charge on any atom is -0.496 e. The number of hydrogen-bond acceptors (Lipinski definition) is 2. The predicted octanol–water partition coefficient (Wildman–Crippen LogP) is 4.84. The van der Waals surface area contributed by atoms with Crippen molar-refractivity contribution in [3.05, 3.63) is 63.4 Å². The molecule has 1 N–H and O–H groups in total. The normalized spacial score (nSPS) is 12.2. The summed E-state index contributed by atoms with van der Waals surface area (Å²) in [5.41, 5.74) is 1.47. The zero-order chi connectivity index (χ0) is 15.4. The van der Waals surface area contributed by atoms with Crippen LogP contribution in [0.3, 0.4) is 0 Å². The van der Waals surface area contributed by atoms with E-state index in [4.69, 9.17) is 27.9 Å². The first kappa shape index (κ1) is 16.1. The SMILES string of the molecule is CCNC(c1cc(Cl)ccc1Cl)c1cc(F)ccc1OC. The summed E-state index contributed by atoms with van der Waals surface area (Å²) >= 11 is 12.3. The number of ether oxygens (including phenoxy) is 1. The van der Waals surface area contributed by atoms with Gasteiger partial charge in [-0.15, -0.1) is 0 Å². The molecule has 0 radical (unpaired) electrons. The van der Waals surface area contributed by atoms with E-state index in [1.54, 1.807) is 31.4 Å². The predicted molar refractivity (Wildman–Crippen MR) is 84.9 cm³/mol. The molecule has 0 bridgehead atoms. The van der Waals surface area contributed by atoms with Gasteiger partial charge in [-0.2, -0.15) is 0 Å². The lowest BCUT2D eigenvalue weighted by molar-refractivity contribution is 0.402. The average molecular weight is 328 g/mol. The molecular weight excluding hydrogens is 312 g/mol. The van der Waals surface area contributed by atoms with Crippen LogP contribution in [0.1, 0.15) is 24.1 Å². The monoisotopic (exact) mass is 327 g/mol. The van der Waals surface area contributed by atoms with Crippen LogP contribution in [0, 0.1) is 5.82 Å². The van der Waals surface area contributed by atoms with E-state index in [9.17, 15) is 4.39 Å². The molecule has 0 aliphatic carbocycles. The Morgan fingerprint density at radius 2 is 1.90 bits per heavy atom. The highest BCUT2D eigenvalue weighted by Crippen LogP contribution is 2.35. The summed E-state index contributed by atoms with van der Waals surface area (Å²) in [4.78, 5) is 0. The van der Waals surface area contributed by atoms with Crippen molar-refractivity contribution in [2.45, 2.75) is 13.0 Å². The molecule has 0 saturated heterocycles. The van der Waals surface area contributed by atoms with Gasteiger partial charge in [0.05, 0.1) is 13.2 Å². The van der Waals surface area contributed by atoms with Gasteiger partial charge in [0.1, 0.15) is 11.6 Å². The molecule has 0 saturated carbocycles. The van der Waals surface area contributed by atoms with E-state index in [1.165, 1.54) is 12.1 Å². The lowest BCUT2D eigenvalue weighted by Gasteiger charge is -2.22. The van der Waals surface area contributed by atoms with Crippen LogP contribution in [0.2, 0.25) is 10.0 Å². The van der Waals surface area contributed by atoms with Crippen LogP contribution in [0.4, 0.5) is 4.39 Å². The topological polar surface area (TPSA) is 21.3 Å². The van der Waals surface area contributed by atoms with Crippen LogP contribution in [0.25, 0.3) is 0 Å². The molecule has 2 aromatic carbocycles. The zero-order valence-corrected chi connectivity index (χ0v) is 13.3. The lowest BCUT2D eigenvalue weighted by Crippen LogP contribution is -2.23. The molecular formula is C16H16Cl2FNO. The maximum absolute atomic E-state index is 13.6. The van der Waals surface area contributed by atoms with Gasteiger partial charge in [-0.1, -0.05) is 30.1 Å². The van der Waals surface area contributed by atoms with Crippen LogP contribution in [-0.2, 0) is 0 Å². The van der Waals surface area contributed by atoms with Crippen LogP contribution >= 0.6 is 23.2 Å². The van der Waals surface area contributed by atoms with Crippen LogP contribution in [0.15, 0.2) is 36.4 Å². The van der Waals surface area contributed by atoms with Crippen molar-refractivity contribution in [1.82, 2.24) is 5.32 Å². The molecule has 0 heterocycles. The van der Waals surface area contributed by atoms with E-state index in [2.05, 4.69) is 5.32 Å². The summed E-state index contributed by atoms with van der Waals surface area (Å²) in [6, 6.07) is 9.35. The van der Waals surface area contributed by atoms with Gasteiger partial charge in [0.2, 0.25) is 0 Å². The summed E-state index contributed by atoms with van der Waals surface area (Å²) in [6.07, 6.45) is 0. The Morgan fingerprint density at radius 1 is 1.14 bits per heavy atom. The van der Waals surface area contributed by atoms with Crippen molar-refractivity contribution >= 4 is 23.2 Å². The van der Waals surface area contributed by atoms with Gasteiger partial charge in [-0.05, 0) is 48.5 Å². The first-order chi connectivity index (χ1) is 10.1. The number of nitrogens with one attached hydrogen (secondary N) is 1. The number of benzene rings is 2. The van der Waals surface area contributed by atoms with E-state index in [0.29, 0.717) is 27.9 Å². The Balaban J connectivity index is 2.58. The highest BCUT2D eigenvalue weighted by atomic mass is 35.5. The van der Waals surface area contributed by atoms with Crippen LogP contribution in [0.5, 0.6) is 5.75 Å². The van der Waals surface area contributed by atoms with Crippen molar-refractivity contribution in [3.8, 4) is 5.75 Å². The molecule has 0 aliphatic rings. The van der Waals surface area contributed by atoms with Crippen LogP contribution in [-0.4, -0.2) is 13.7 Å². The largest absolute Gasteiger partial charge is 0.496 e. The molecule has 21 heavy (non-hydrogen) atoms. The van der Waals surface area contributed by atoms with E-state index < -0.39 is 0 Å². The van der Waals surface area contributed by atoms with Gasteiger partial charge in [-0.3, -0.25) is 0 Å². The quantitative estimate of drug-likeness (QED) is 0.848. The maximum atomic E-state index is 13.6. The molecule has 0 amide bonds. The fourth-order valence-corrected chi connectivity index (χ4v) is 2.67. The molecule has 112 valence electrons. The third-order valence-corrected chi connectivity index (χ3v) is 3.76. The Morgan fingerprint density at radius 3 is 2.57 bits per heavy atom. The Labute approximate surface area is 133 Å². The van der Waals surface area contributed by atoms with Gasteiger partial charge in [0.15, 0.2) is 0 Å². The zero-order valence-electron chi connectivity index (χ0n) is 11.8. The first-order valence-electron chi connectivity index (χ1n) is 6.58. The second-order valence-corrected chi connectivity index (χ2v) is 5.39. The standard InChI is InChI=1S/C16H16Cl2FNO/c1-3-20-16(12-8-10(17)4-6-14(12)18)13-9-11(19)5-7-15(13)21-2/h4-9,16,20H,3H2,1-2H3. The average Bonchev–Trinajstić information content (AvgIpc) is 2.47. The van der Waals surface area contributed by atoms with Gasteiger partial charge >= 0.3 is 0 Å². The van der Waals surface area contributed by atoms with E-state index in [-0.39, 0.29) is 11.9 Å². The molecule has 0 fully saturated rings. The summed E-state index contributed by atoms with van der Waals surface area (Å²) in [5, 5.41) is 4.44. The van der Waals surface area contributed by atoms with Gasteiger partial charge in [0.25, 0.3) is 0 Å². The molecule has 0 spiro atoms. The lowest BCUT2D eigenvalue weighted by atomic mass is 9.97. The summed E-state index contributed by atoms with van der Waals surface area (Å²) < 4.78 is 19.0. The summed E-state index contributed by atoms with van der Waals surface area (Å²) in [5.74, 6) is 0.269. The van der Waals surface area contributed by atoms with E-state index in [0.717, 1.165) is 5.56 Å². The highest BCUT2D eigenvalue weighted by Gasteiger charge is 2.21. The maximum Gasteiger partial charge on any atom is 0.124 e. The number of methoxy groups -OCH3 is 1. The van der Waals surface area contributed by atoms with E-state index >= 15 is 0 Å². The van der Waals surface area contributed by atoms with Gasteiger partial charge < -0.3 is 10.1 Å². The minimum absolute atomic E-state index is 0.299. The van der Waals surface area contributed by atoms with Crippen LogP contribution < -0.4 is 10.1 Å². The van der Waals surface area contributed by atoms with Crippen molar-refractivity contribution in [2.75, 3.05) is 13.7 Å². The van der Waals surface area contributed by atoms with Crippen molar-refractivity contribution in [3.63, 3.8) is 0 Å². The second kappa shape index (κ2) is 7.12. The fourth-order valence-electron chi connectivity index (χ4n) is 2.26. The molecule has 5 heteroatoms. The molecule has 2 rings (SSSR count).